The molecule has 0 N–H and O–H groups in total. The quantitative estimate of drug-likeness (QED) is 0.868. The summed E-state index contributed by atoms with van der Waals surface area (Å²) in [6.07, 6.45) is 6.79. The van der Waals surface area contributed by atoms with E-state index in [0.29, 0.717) is 13.2 Å². The molecule has 0 radical (unpaired) electrons. The monoisotopic (exact) mass is 324 g/mol. The number of fused-ring (bicyclic) bond motifs is 1. The van der Waals surface area contributed by atoms with Gasteiger partial charge in [0.05, 0.1) is 18.8 Å². The lowest BCUT2D eigenvalue weighted by Crippen LogP contribution is -2.55. The summed E-state index contributed by atoms with van der Waals surface area (Å²) in [5.74, 6) is 0.149. The van der Waals surface area contributed by atoms with Crippen LogP contribution in [0.2, 0.25) is 0 Å². The van der Waals surface area contributed by atoms with Crippen LogP contribution in [0.3, 0.4) is 0 Å². The van der Waals surface area contributed by atoms with Crippen molar-refractivity contribution in [1.82, 2.24) is 9.47 Å². The molecule has 2 aliphatic rings. The standard InChI is InChI=1S/C20H24N2O2/c23-20(22-13-14-24-19-11-5-4-9-17(19)22)18-10-6-12-21(18)15-16-7-2-1-3-8-16/h1-3,6-8,10,12,17,19H,4-5,9,11,13-15H2. The SMILES string of the molecule is O=C(c1cccn1Cc1ccccc1)N1CCOC2CCCCC21. The number of aromatic nitrogens is 1. The van der Waals surface area contributed by atoms with Gasteiger partial charge in [0.2, 0.25) is 0 Å². The van der Waals surface area contributed by atoms with Gasteiger partial charge in [-0.15, -0.1) is 0 Å². The Bertz CT molecular complexity index is 693. The Labute approximate surface area is 143 Å². The van der Waals surface area contributed by atoms with E-state index in [4.69, 9.17) is 4.74 Å². The Morgan fingerprint density at radius 2 is 1.92 bits per heavy atom. The molecular formula is C20H24N2O2. The number of carbonyl (C=O) groups excluding carboxylic acids is 1. The van der Waals surface area contributed by atoms with Crippen LogP contribution in [0.1, 0.15) is 41.7 Å². The molecule has 2 unspecified atom stereocenters. The lowest BCUT2D eigenvalue weighted by molar-refractivity contribution is -0.0755. The summed E-state index contributed by atoms with van der Waals surface area (Å²) in [4.78, 5) is 15.2. The van der Waals surface area contributed by atoms with Crippen molar-refractivity contribution in [2.24, 2.45) is 0 Å². The van der Waals surface area contributed by atoms with Crippen LogP contribution in [0.5, 0.6) is 0 Å². The molecule has 1 aliphatic carbocycles. The Morgan fingerprint density at radius 3 is 2.79 bits per heavy atom. The summed E-state index contributed by atoms with van der Waals surface area (Å²) in [7, 11) is 0. The van der Waals surface area contributed by atoms with Crippen LogP contribution in [0, 0.1) is 0 Å². The van der Waals surface area contributed by atoms with E-state index in [-0.39, 0.29) is 18.1 Å². The molecule has 2 aromatic rings. The first-order chi connectivity index (χ1) is 11.8. The lowest BCUT2D eigenvalue weighted by Gasteiger charge is -2.43. The zero-order valence-electron chi connectivity index (χ0n) is 13.9. The normalized spacial score (nSPS) is 23.8. The highest BCUT2D eigenvalue weighted by Crippen LogP contribution is 2.29. The Hall–Kier alpha value is -2.07. The molecule has 4 nitrogen and oxygen atoms in total. The van der Waals surface area contributed by atoms with Crippen molar-refractivity contribution in [2.45, 2.75) is 44.4 Å². The summed E-state index contributed by atoms with van der Waals surface area (Å²) >= 11 is 0. The summed E-state index contributed by atoms with van der Waals surface area (Å²) in [6.45, 7) is 2.09. The third-order valence-electron chi connectivity index (χ3n) is 5.24. The van der Waals surface area contributed by atoms with Gasteiger partial charge in [-0.3, -0.25) is 4.79 Å². The largest absolute Gasteiger partial charge is 0.374 e. The van der Waals surface area contributed by atoms with E-state index in [0.717, 1.165) is 25.1 Å². The maximum atomic E-state index is 13.2. The van der Waals surface area contributed by atoms with Crippen LogP contribution in [0.25, 0.3) is 0 Å². The second-order valence-corrected chi connectivity index (χ2v) is 6.77. The van der Waals surface area contributed by atoms with Gasteiger partial charge in [0.25, 0.3) is 5.91 Å². The molecule has 126 valence electrons. The van der Waals surface area contributed by atoms with Crippen molar-refractivity contribution in [3.63, 3.8) is 0 Å². The molecule has 1 aromatic heterocycles. The van der Waals surface area contributed by atoms with Crippen LogP contribution in [-0.4, -0.2) is 40.7 Å². The van der Waals surface area contributed by atoms with Crippen molar-refractivity contribution in [3.8, 4) is 0 Å². The lowest BCUT2D eigenvalue weighted by atomic mass is 9.90. The van der Waals surface area contributed by atoms with Crippen LogP contribution >= 0.6 is 0 Å². The van der Waals surface area contributed by atoms with Gasteiger partial charge in [-0.2, -0.15) is 0 Å². The molecule has 1 amide bonds. The van der Waals surface area contributed by atoms with Crippen LogP contribution < -0.4 is 0 Å². The zero-order chi connectivity index (χ0) is 16.4. The smallest absolute Gasteiger partial charge is 0.270 e. The van der Waals surface area contributed by atoms with Crippen LogP contribution in [-0.2, 0) is 11.3 Å². The number of morpholine rings is 1. The zero-order valence-corrected chi connectivity index (χ0v) is 13.9. The van der Waals surface area contributed by atoms with Crippen molar-refractivity contribution in [2.75, 3.05) is 13.2 Å². The number of amides is 1. The Kier molecular flexibility index (Phi) is 4.39. The molecule has 1 saturated carbocycles. The minimum absolute atomic E-state index is 0.149. The highest BCUT2D eigenvalue weighted by molar-refractivity contribution is 5.93. The van der Waals surface area contributed by atoms with E-state index in [1.807, 2.05) is 36.5 Å². The molecule has 2 atom stereocenters. The van der Waals surface area contributed by atoms with E-state index in [2.05, 4.69) is 21.6 Å². The molecule has 4 rings (SSSR count). The Morgan fingerprint density at radius 1 is 1.08 bits per heavy atom. The maximum absolute atomic E-state index is 13.2. The van der Waals surface area contributed by atoms with E-state index in [1.54, 1.807) is 0 Å². The fraction of sp³-hybridized carbons (Fsp3) is 0.450. The topological polar surface area (TPSA) is 34.5 Å². The molecule has 2 heterocycles. The number of hydrogen-bond donors (Lipinski definition) is 0. The highest BCUT2D eigenvalue weighted by Gasteiger charge is 2.37. The highest BCUT2D eigenvalue weighted by atomic mass is 16.5. The third-order valence-corrected chi connectivity index (χ3v) is 5.24. The van der Waals surface area contributed by atoms with Crippen LogP contribution in [0.15, 0.2) is 48.7 Å². The Balaban J connectivity index is 1.55. The minimum Gasteiger partial charge on any atom is -0.374 e. The van der Waals surface area contributed by atoms with Gasteiger partial charge in [0.15, 0.2) is 0 Å². The van der Waals surface area contributed by atoms with Crippen molar-refractivity contribution in [3.05, 3.63) is 59.9 Å². The van der Waals surface area contributed by atoms with Gasteiger partial charge in [0, 0.05) is 19.3 Å². The number of rotatable bonds is 3. The predicted molar refractivity (Wildman–Crippen MR) is 93.0 cm³/mol. The average molecular weight is 324 g/mol. The van der Waals surface area contributed by atoms with Crippen molar-refractivity contribution < 1.29 is 9.53 Å². The molecule has 0 bridgehead atoms. The number of nitrogens with zero attached hydrogens (tertiary/aromatic N) is 2. The fourth-order valence-corrected chi connectivity index (χ4v) is 4.02. The number of carbonyl (C=O) groups is 1. The summed E-state index contributed by atoms with van der Waals surface area (Å²) < 4.78 is 7.97. The summed E-state index contributed by atoms with van der Waals surface area (Å²) in [6, 6.07) is 14.4. The molecule has 2 fully saturated rings. The molecule has 24 heavy (non-hydrogen) atoms. The first-order valence-corrected chi connectivity index (χ1v) is 8.94. The van der Waals surface area contributed by atoms with Gasteiger partial charge in [-0.25, -0.2) is 0 Å². The number of ether oxygens (including phenoxy) is 1. The second kappa shape index (κ2) is 6.81. The van der Waals surface area contributed by atoms with Gasteiger partial charge in [-0.05, 0) is 30.5 Å². The van der Waals surface area contributed by atoms with E-state index >= 15 is 0 Å². The molecule has 1 aromatic carbocycles. The number of hydrogen-bond acceptors (Lipinski definition) is 2. The van der Waals surface area contributed by atoms with Gasteiger partial charge >= 0.3 is 0 Å². The molecule has 1 aliphatic heterocycles. The maximum Gasteiger partial charge on any atom is 0.270 e. The van der Waals surface area contributed by atoms with E-state index < -0.39 is 0 Å². The molecule has 4 heteroatoms. The van der Waals surface area contributed by atoms with Crippen molar-refractivity contribution >= 4 is 5.91 Å². The molecular weight excluding hydrogens is 300 g/mol. The second-order valence-electron chi connectivity index (χ2n) is 6.77. The van der Waals surface area contributed by atoms with Gasteiger partial charge in [-0.1, -0.05) is 43.2 Å². The van der Waals surface area contributed by atoms with Crippen molar-refractivity contribution in [1.29, 1.82) is 0 Å². The van der Waals surface area contributed by atoms with Gasteiger partial charge < -0.3 is 14.2 Å². The number of benzene rings is 1. The van der Waals surface area contributed by atoms with Gasteiger partial charge in [0.1, 0.15) is 5.69 Å². The summed E-state index contributed by atoms with van der Waals surface area (Å²) in [5, 5.41) is 0. The first-order valence-electron chi connectivity index (χ1n) is 8.94. The van der Waals surface area contributed by atoms with E-state index in [9.17, 15) is 4.79 Å². The molecule has 0 spiro atoms. The van der Waals surface area contributed by atoms with E-state index in [1.165, 1.54) is 18.4 Å². The third kappa shape index (κ3) is 2.98. The average Bonchev–Trinajstić information content (AvgIpc) is 3.09. The first kappa shape index (κ1) is 15.5. The fourth-order valence-electron chi connectivity index (χ4n) is 4.02. The summed E-state index contributed by atoms with van der Waals surface area (Å²) in [5.41, 5.74) is 1.99. The minimum atomic E-state index is 0.149. The molecule has 1 saturated heterocycles. The predicted octanol–water partition coefficient (Wildman–Crippen LogP) is 3.32. The van der Waals surface area contributed by atoms with Crippen LogP contribution in [0.4, 0.5) is 0 Å².